The lowest BCUT2D eigenvalue weighted by molar-refractivity contribution is 0.241. The van der Waals surface area contributed by atoms with Crippen molar-refractivity contribution in [1.82, 2.24) is 0 Å². The SMILES string of the molecule is NCC1CCc2c(F)cccc2C12CCCC2. The highest BCUT2D eigenvalue weighted by Crippen LogP contribution is 2.51. The van der Waals surface area contributed by atoms with Crippen molar-refractivity contribution < 1.29 is 4.39 Å². The Morgan fingerprint density at radius 1 is 1.29 bits per heavy atom. The predicted molar refractivity (Wildman–Crippen MR) is 67.4 cm³/mol. The molecule has 0 bridgehead atoms. The van der Waals surface area contributed by atoms with E-state index in [1.54, 1.807) is 6.07 Å². The van der Waals surface area contributed by atoms with E-state index >= 15 is 0 Å². The summed E-state index contributed by atoms with van der Waals surface area (Å²) in [6.45, 7) is 0.746. The molecule has 92 valence electrons. The van der Waals surface area contributed by atoms with Crippen LogP contribution in [-0.4, -0.2) is 6.54 Å². The van der Waals surface area contributed by atoms with Crippen molar-refractivity contribution in [3.8, 4) is 0 Å². The van der Waals surface area contributed by atoms with Crippen LogP contribution in [0.1, 0.15) is 43.2 Å². The van der Waals surface area contributed by atoms with Gasteiger partial charge in [-0.1, -0.05) is 25.0 Å². The molecule has 0 amide bonds. The average molecular weight is 233 g/mol. The van der Waals surface area contributed by atoms with Crippen molar-refractivity contribution >= 4 is 0 Å². The van der Waals surface area contributed by atoms with Crippen molar-refractivity contribution in [3.05, 3.63) is 35.1 Å². The summed E-state index contributed by atoms with van der Waals surface area (Å²) in [5, 5.41) is 0. The van der Waals surface area contributed by atoms with E-state index in [0.717, 1.165) is 24.9 Å². The fourth-order valence-corrected chi connectivity index (χ4v) is 4.12. The van der Waals surface area contributed by atoms with Gasteiger partial charge in [-0.25, -0.2) is 4.39 Å². The van der Waals surface area contributed by atoms with Crippen LogP contribution < -0.4 is 5.73 Å². The normalized spacial score (nSPS) is 26.1. The van der Waals surface area contributed by atoms with Gasteiger partial charge in [0.05, 0.1) is 0 Å². The molecule has 0 radical (unpaired) electrons. The second-order valence-corrected chi connectivity index (χ2v) is 5.60. The van der Waals surface area contributed by atoms with Crippen molar-refractivity contribution in [2.75, 3.05) is 6.54 Å². The Kier molecular flexibility index (Phi) is 2.70. The maximum Gasteiger partial charge on any atom is 0.126 e. The Labute approximate surface area is 102 Å². The molecule has 2 aliphatic carbocycles. The zero-order valence-electron chi connectivity index (χ0n) is 10.2. The first-order chi connectivity index (χ1) is 8.28. The van der Waals surface area contributed by atoms with Crippen molar-refractivity contribution in [3.63, 3.8) is 0 Å². The summed E-state index contributed by atoms with van der Waals surface area (Å²) >= 11 is 0. The van der Waals surface area contributed by atoms with Gasteiger partial charge >= 0.3 is 0 Å². The largest absolute Gasteiger partial charge is 0.330 e. The number of hydrogen-bond donors (Lipinski definition) is 1. The van der Waals surface area contributed by atoms with Gasteiger partial charge in [0, 0.05) is 0 Å². The van der Waals surface area contributed by atoms with Gasteiger partial charge in [-0.3, -0.25) is 0 Å². The highest BCUT2D eigenvalue weighted by Gasteiger charge is 2.45. The van der Waals surface area contributed by atoms with Gasteiger partial charge in [0.15, 0.2) is 0 Å². The van der Waals surface area contributed by atoms with Crippen LogP contribution in [0.5, 0.6) is 0 Å². The molecule has 0 heterocycles. The van der Waals surface area contributed by atoms with E-state index in [4.69, 9.17) is 5.73 Å². The van der Waals surface area contributed by atoms with Crippen LogP contribution in [0.4, 0.5) is 4.39 Å². The average Bonchev–Trinajstić information content (AvgIpc) is 2.81. The minimum atomic E-state index is -0.00996. The number of hydrogen-bond acceptors (Lipinski definition) is 1. The van der Waals surface area contributed by atoms with Gasteiger partial charge in [-0.05, 0) is 60.8 Å². The van der Waals surface area contributed by atoms with Gasteiger partial charge in [-0.15, -0.1) is 0 Å². The zero-order chi connectivity index (χ0) is 11.9. The first-order valence-corrected chi connectivity index (χ1v) is 6.76. The lowest BCUT2D eigenvalue weighted by Crippen LogP contribution is -2.41. The van der Waals surface area contributed by atoms with Crippen LogP contribution >= 0.6 is 0 Å². The number of halogens is 1. The zero-order valence-corrected chi connectivity index (χ0v) is 10.2. The summed E-state index contributed by atoms with van der Waals surface area (Å²) in [4.78, 5) is 0. The maximum absolute atomic E-state index is 13.9. The Bertz CT molecular complexity index is 421. The molecule has 1 saturated carbocycles. The molecule has 1 nitrogen and oxygen atoms in total. The summed E-state index contributed by atoms with van der Waals surface area (Å²) in [6.07, 6.45) is 6.87. The molecular weight excluding hydrogens is 213 g/mol. The number of nitrogens with two attached hydrogens (primary N) is 1. The first-order valence-electron chi connectivity index (χ1n) is 6.76. The second kappa shape index (κ2) is 4.09. The lowest BCUT2D eigenvalue weighted by atomic mass is 9.62. The molecule has 1 fully saturated rings. The fourth-order valence-electron chi connectivity index (χ4n) is 4.12. The van der Waals surface area contributed by atoms with E-state index < -0.39 is 0 Å². The van der Waals surface area contributed by atoms with Crippen LogP contribution in [0.2, 0.25) is 0 Å². The summed E-state index contributed by atoms with van der Waals surface area (Å²) in [5.74, 6) is 0.545. The maximum atomic E-state index is 13.9. The Morgan fingerprint density at radius 3 is 2.76 bits per heavy atom. The van der Waals surface area contributed by atoms with Crippen LogP contribution in [-0.2, 0) is 11.8 Å². The van der Waals surface area contributed by atoms with E-state index in [-0.39, 0.29) is 11.2 Å². The predicted octanol–water partition coefficient (Wildman–Crippen LogP) is 3.16. The topological polar surface area (TPSA) is 26.0 Å². The second-order valence-electron chi connectivity index (χ2n) is 5.60. The van der Waals surface area contributed by atoms with Gasteiger partial charge in [0.2, 0.25) is 0 Å². The molecule has 1 spiro atoms. The summed E-state index contributed by atoms with van der Waals surface area (Å²) < 4.78 is 13.9. The van der Waals surface area contributed by atoms with Gasteiger partial charge in [0.1, 0.15) is 5.82 Å². The van der Waals surface area contributed by atoms with Gasteiger partial charge in [0.25, 0.3) is 0 Å². The smallest absolute Gasteiger partial charge is 0.126 e. The molecule has 1 atom stereocenters. The van der Waals surface area contributed by atoms with E-state index in [2.05, 4.69) is 6.07 Å². The fraction of sp³-hybridized carbons (Fsp3) is 0.600. The monoisotopic (exact) mass is 233 g/mol. The van der Waals surface area contributed by atoms with Crippen LogP contribution in [0.25, 0.3) is 0 Å². The third-order valence-electron chi connectivity index (χ3n) is 4.96. The van der Waals surface area contributed by atoms with Crippen molar-refractivity contribution in [2.45, 2.75) is 43.9 Å². The van der Waals surface area contributed by atoms with Gasteiger partial charge in [-0.2, -0.15) is 0 Å². The molecule has 1 unspecified atom stereocenters. The van der Waals surface area contributed by atoms with E-state index in [1.807, 2.05) is 6.07 Å². The molecular formula is C15H20FN. The molecule has 2 heteroatoms. The molecule has 17 heavy (non-hydrogen) atoms. The molecule has 0 aromatic heterocycles. The summed E-state index contributed by atoms with van der Waals surface area (Å²) in [7, 11) is 0. The highest BCUT2D eigenvalue weighted by molar-refractivity contribution is 5.39. The minimum absolute atomic E-state index is 0.00996. The molecule has 0 aliphatic heterocycles. The quantitative estimate of drug-likeness (QED) is 0.792. The lowest BCUT2D eigenvalue weighted by Gasteiger charge is -2.43. The third-order valence-corrected chi connectivity index (χ3v) is 4.96. The summed E-state index contributed by atoms with van der Waals surface area (Å²) in [6, 6.07) is 5.61. The number of fused-ring (bicyclic) bond motifs is 2. The third kappa shape index (κ3) is 1.54. The Hall–Kier alpha value is -0.890. The molecule has 1 aromatic rings. The molecule has 3 rings (SSSR count). The molecule has 1 aromatic carbocycles. The summed E-state index contributed by atoms with van der Waals surface area (Å²) in [5.41, 5.74) is 8.40. The van der Waals surface area contributed by atoms with E-state index in [9.17, 15) is 4.39 Å². The standard InChI is InChI=1S/C15H20FN/c16-14-5-3-4-13-12(14)7-6-11(10-17)15(13)8-1-2-9-15/h3-5,11H,1-2,6-10,17H2. The van der Waals surface area contributed by atoms with Gasteiger partial charge < -0.3 is 5.73 Å². The van der Waals surface area contributed by atoms with Crippen molar-refractivity contribution in [1.29, 1.82) is 0 Å². The molecule has 2 aliphatic rings. The van der Waals surface area contributed by atoms with E-state index in [1.165, 1.54) is 31.2 Å². The van der Waals surface area contributed by atoms with Crippen LogP contribution in [0.15, 0.2) is 18.2 Å². The minimum Gasteiger partial charge on any atom is -0.330 e. The van der Waals surface area contributed by atoms with Crippen LogP contribution in [0.3, 0.4) is 0 Å². The van der Waals surface area contributed by atoms with Crippen molar-refractivity contribution in [2.24, 2.45) is 11.7 Å². The first kappa shape index (κ1) is 11.2. The molecule has 2 N–H and O–H groups in total. The highest BCUT2D eigenvalue weighted by atomic mass is 19.1. The molecule has 0 saturated heterocycles. The number of benzene rings is 1. The number of rotatable bonds is 1. The Morgan fingerprint density at radius 2 is 2.06 bits per heavy atom. The van der Waals surface area contributed by atoms with Crippen LogP contribution in [0, 0.1) is 11.7 Å². The van der Waals surface area contributed by atoms with E-state index in [0.29, 0.717) is 5.92 Å². The Balaban J connectivity index is 2.14.